The molecule has 0 unspecified atom stereocenters. The molecule has 3 heteroatoms. The summed E-state index contributed by atoms with van der Waals surface area (Å²) in [5.41, 5.74) is 2.51. The van der Waals surface area contributed by atoms with Gasteiger partial charge in [-0.15, -0.1) is 0 Å². The van der Waals surface area contributed by atoms with E-state index in [0.717, 1.165) is 42.0 Å². The van der Waals surface area contributed by atoms with E-state index < -0.39 is 0 Å². The van der Waals surface area contributed by atoms with Crippen molar-refractivity contribution in [1.82, 2.24) is 9.97 Å². The lowest BCUT2D eigenvalue weighted by Gasteiger charge is -2.28. The van der Waals surface area contributed by atoms with Crippen molar-refractivity contribution in [3.8, 4) is 17.1 Å². The average Bonchev–Trinajstić information content (AvgIpc) is 2.83. The molecule has 1 fully saturated rings. The van der Waals surface area contributed by atoms with Gasteiger partial charge < -0.3 is 4.74 Å². The predicted octanol–water partition coefficient (Wildman–Crippen LogP) is 8.03. The first-order chi connectivity index (χ1) is 15.3. The van der Waals surface area contributed by atoms with Crippen molar-refractivity contribution in [1.29, 1.82) is 0 Å². The molecule has 0 radical (unpaired) electrons. The Labute approximate surface area is 190 Å². The van der Waals surface area contributed by atoms with Gasteiger partial charge in [0.05, 0.1) is 19.0 Å². The number of benzene rings is 1. The highest BCUT2D eigenvalue weighted by Gasteiger charge is 2.20. The van der Waals surface area contributed by atoms with Crippen LogP contribution in [0.25, 0.3) is 11.4 Å². The van der Waals surface area contributed by atoms with E-state index in [4.69, 9.17) is 4.74 Å². The molecule has 0 saturated heterocycles. The maximum absolute atomic E-state index is 5.75. The Morgan fingerprint density at radius 1 is 0.774 bits per heavy atom. The molecule has 1 heterocycles. The fraction of sp³-hybridized carbons (Fsp3) is 0.643. The molecule has 1 saturated carbocycles. The van der Waals surface area contributed by atoms with E-state index >= 15 is 0 Å². The molecule has 0 amide bonds. The Balaban J connectivity index is 1.40. The van der Waals surface area contributed by atoms with Gasteiger partial charge in [0.2, 0.25) is 0 Å². The number of aromatic nitrogens is 2. The van der Waals surface area contributed by atoms with Crippen LogP contribution in [-0.4, -0.2) is 16.6 Å². The van der Waals surface area contributed by atoms with Crippen LogP contribution in [0, 0.1) is 11.8 Å². The molecular formula is C28H42N2O. The second-order valence-electron chi connectivity index (χ2n) is 9.42. The third-order valence-electron chi connectivity index (χ3n) is 6.88. The molecule has 2 aromatic rings. The fourth-order valence-electron chi connectivity index (χ4n) is 4.75. The van der Waals surface area contributed by atoms with Crippen LogP contribution in [0.2, 0.25) is 0 Å². The van der Waals surface area contributed by atoms with Gasteiger partial charge in [-0.25, -0.2) is 9.97 Å². The first-order valence-corrected chi connectivity index (χ1v) is 12.8. The minimum absolute atomic E-state index is 0.748. The number of rotatable bonds is 13. The summed E-state index contributed by atoms with van der Waals surface area (Å²) in [5, 5.41) is 0. The van der Waals surface area contributed by atoms with Gasteiger partial charge in [0, 0.05) is 5.56 Å². The number of unbranched alkanes of at least 4 members (excludes halogenated alkanes) is 4. The van der Waals surface area contributed by atoms with Crippen LogP contribution in [0.1, 0.15) is 96.5 Å². The molecule has 3 rings (SSSR count). The third-order valence-corrected chi connectivity index (χ3v) is 6.88. The molecule has 170 valence electrons. The van der Waals surface area contributed by atoms with Gasteiger partial charge in [-0.1, -0.05) is 102 Å². The topological polar surface area (TPSA) is 35.0 Å². The van der Waals surface area contributed by atoms with Gasteiger partial charge >= 0.3 is 0 Å². The second kappa shape index (κ2) is 13.5. The van der Waals surface area contributed by atoms with Gasteiger partial charge in [-0.2, -0.15) is 0 Å². The summed E-state index contributed by atoms with van der Waals surface area (Å²) in [6.07, 6.45) is 21.0. The zero-order valence-electron chi connectivity index (χ0n) is 19.8. The van der Waals surface area contributed by atoms with Crippen LogP contribution < -0.4 is 4.74 Å². The van der Waals surface area contributed by atoms with E-state index in [1.165, 1.54) is 82.6 Å². The molecule has 1 aliphatic rings. The zero-order chi connectivity index (χ0) is 21.7. The minimum atomic E-state index is 0.748. The van der Waals surface area contributed by atoms with Crippen molar-refractivity contribution < 1.29 is 4.74 Å². The normalized spacial score (nSPS) is 18.8. The summed E-state index contributed by atoms with van der Waals surface area (Å²) in [4.78, 5) is 9.01. The van der Waals surface area contributed by atoms with E-state index in [1.54, 1.807) is 12.4 Å². The molecule has 0 aliphatic heterocycles. The van der Waals surface area contributed by atoms with E-state index in [9.17, 15) is 0 Å². The number of ether oxygens (including phenoxy) is 1. The van der Waals surface area contributed by atoms with E-state index in [1.807, 2.05) is 0 Å². The number of hydrogen-bond acceptors (Lipinski definition) is 3. The molecule has 1 aromatic carbocycles. The first kappa shape index (κ1) is 23.8. The molecule has 0 N–H and O–H groups in total. The van der Waals surface area contributed by atoms with Crippen LogP contribution in [0.15, 0.2) is 36.7 Å². The quantitative estimate of drug-likeness (QED) is 0.306. The zero-order valence-corrected chi connectivity index (χ0v) is 19.8. The van der Waals surface area contributed by atoms with Crippen molar-refractivity contribution in [3.05, 3.63) is 42.2 Å². The summed E-state index contributed by atoms with van der Waals surface area (Å²) in [6, 6.07) is 8.84. The fourth-order valence-corrected chi connectivity index (χ4v) is 4.75. The van der Waals surface area contributed by atoms with Crippen molar-refractivity contribution in [3.63, 3.8) is 0 Å². The van der Waals surface area contributed by atoms with E-state index in [0.29, 0.717) is 0 Å². The lowest BCUT2D eigenvalue weighted by molar-refractivity contribution is 0.250. The van der Waals surface area contributed by atoms with Crippen molar-refractivity contribution in [2.75, 3.05) is 6.61 Å². The number of hydrogen-bond donors (Lipinski definition) is 0. The van der Waals surface area contributed by atoms with Crippen LogP contribution in [0.5, 0.6) is 5.75 Å². The van der Waals surface area contributed by atoms with Crippen molar-refractivity contribution in [2.45, 2.75) is 97.3 Å². The number of aryl methyl sites for hydroxylation is 1. The van der Waals surface area contributed by atoms with Crippen LogP contribution >= 0.6 is 0 Å². The number of nitrogens with zero attached hydrogens (tertiary/aromatic N) is 2. The highest BCUT2D eigenvalue weighted by Crippen LogP contribution is 2.34. The maximum atomic E-state index is 5.75. The minimum Gasteiger partial charge on any atom is -0.490 e. The largest absolute Gasteiger partial charge is 0.490 e. The Hall–Kier alpha value is -1.90. The smallest absolute Gasteiger partial charge is 0.159 e. The van der Waals surface area contributed by atoms with Crippen LogP contribution in [-0.2, 0) is 6.42 Å². The monoisotopic (exact) mass is 422 g/mol. The summed E-state index contributed by atoms with van der Waals surface area (Å²) in [5.74, 6) is 3.47. The highest BCUT2D eigenvalue weighted by atomic mass is 16.5. The lowest BCUT2D eigenvalue weighted by Crippen LogP contribution is -2.15. The second-order valence-corrected chi connectivity index (χ2v) is 9.42. The van der Waals surface area contributed by atoms with Crippen LogP contribution in [0.3, 0.4) is 0 Å². The molecule has 0 spiro atoms. The summed E-state index contributed by atoms with van der Waals surface area (Å²) in [6.45, 7) is 5.28. The van der Waals surface area contributed by atoms with Gasteiger partial charge in [-0.05, 0) is 36.7 Å². The Morgan fingerprint density at radius 2 is 1.42 bits per heavy atom. The van der Waals surface area contributed by atoms with Gasteiger partial charge in [-0.3, -0.25) is 0 Å². The standard InChI is InChI=1S/C28H42N2O/c1-3-5-7-8-20-31-27-21-29-28(30-22-27)26-18-16-25(17-19-26)15-14-24-12-10-23(11-13-24)9-6-4-2/h16-19,21-24H,3-15,20H2,1-2H3. The molecular weight excluding hydrogens is 380 g/mol. The molecule has 3 nitrogen and oxygen atoms in total. The average molecular weight is 423 g/mol. The van der Waals surface area contributed by atoms with Crippen molar-refractivity contribution >= 4 is 0 Å². The Kier molecular flexibility index (Phi) is 10.3. The Morgan fingerprint density at radius 3 is 2.06 bits per heavy atom. The third kappa shape index (κ3) is 8.27. The SMILES string of the molecule is CCCCCCOc1cnc(-c2ccc(CCC3CCC(CCCC)CC3)cc2)nc1. The summed E-state index contributed by atoms with van der Waals surface area (Å²) in [7, 11) is 0. The first-order valence-electron chi connectivity index (χ1n) is 12.8. The summed E-state index contributed by atoms with van der Waals surface area (Å²) < 4.78 is 5.75. The van der Waals surface area contributed by atoms with Gasteiger partial charge in [0.25, 0.3) is 0 Å². The van der Waals surface area contributed by atoms with Gasteiger partial charge in [0.15, 0.2) is 11.6 Å². The van der Waals surface area contributed by atoms with E-state index in [2.05, 4.69) is 48.1 Å². The molecule has 0 atom stereocenters. The van der Waals surface area contributed by atoms with Gasteiger partial charge in [0.1, 0.15) is 0 Å². The molecule has 0 bridgehead atoms. The summed E-state index contributed by atoms with van der Waals surface area (Å²) >= 11 is 0. The van der Waals surface area contributed by atoms with Crippen LogP contribution in [0.4, 0.5) is 0 Å². The highest BCUT2D eigenvalue weighted by molar-refractivity contribution is 5.55. The predicted molar refractivity (Wildman–Crippen MR) is 130 cm³/mol. The maximum Gasteiger partial charge on any atom is 0.159 e. The molecule has 1 aliphatic carbocycles. The van der Waals surface area contributed by atoms with Crippen molar-refractivity contribution in [2.24, 2.45) is 11.8 Å². The molecule has 1 aromatic heterocycles. The Bertz CT molecular complexity index is 718. The lowest BCUT2D eigenvalue weighted by atomic mass is 9.78. The molecule has 31 heavy (non-hydrogen) atoms. The van der Waals surface area contributed by atoms with E-state index in [-0.39, 0.29) is 0 Å².